The first-order chi connectivity index (χ1) is 8.59. The van der Waals surface area contributed by atoms with Gasteiger partial charge in [0.25, 0.3) is 5.56 Å². The fourth-order valence-corrected chi connectivity index (χ4v) is 2.04. The highest BCUT2D eigenvalue weighted by Crippen LogP contribution is 2.24. The summed E-state index contributed by atoms with van der Waals surface area (Å²) in [7, 11) is 1.54. The van der Waals surface area contributed by atoms with Crippen LogP contribution in [0.25, 0.3) is 0 Å². The summed E-state index contributed by atoms with van der Waals surface area (Å²) in [5, 5.41) is 0. The Hall–Kier alpha value is -2.56. The van der Waals surface area contributed by atoms with Crippen LogP contribution in [0.15, 0.2) is 35.4 Å². The molecular formula is C13H8N2O3. The van der Waals surface area contributed by atoms with E-state index in [9.17, 15) is 14.4 Å². The molecule has 2 heterocycles. The highest BCUT2D eigenvalue weighted by atomic mass is 16.1. The summed E-state index contributed by atoms with van der Waals surface area (Å²) in [4.78, 5) is 39.8. The van der Waals surface area contributed by atoms with Crippen LogP contribution < -0.4 is 5.56 Å². The maximum Gasteiger partial charge on any atom is 0.251 e. The van der Waals surface area contributed by atoms with Crippen LogP contribution in [0.1, 0.15) is 32.0 Å². The minimum Gasteiger partial charge on any atom is -0.318 e. The van der Waals surface area contributed by atoms with Gasteiger partial charge in [0.05, 0.1) is 11.1 Å². The monoisotopic (exact) mass is 240 g/mol. The SMILES string of the molecule is Cn1cc2c(cc1=O)C(=O)c1ncccc1C2=O. The summed E-state index contributed by atoms with van der Waals surface area (Å²) < 4.78 is 1.28. The zero-order chi connectivity index (χ0) is 12.9. The van der Waals surface area contributed by atoms with E-state index in [1.54, 1.807) is 19.2 Å². The zero-order valence-electron chi connectivity index (χ0n) is 9.51. The molecule has 0 saturated carbocycles. The molecule has 2 aromatic rings. The molecule has 0 fully saturated rings. The van der Waals surface area contributed by atoms with E-state index in [1.807, 2.05) is 0 Å². The number of carbonyl (C=O) groups excluding carboxylic acids is 2. The molecule has 1 aliphatic carbocycles. The van der Waals surface area contributed by atoms with Gasteiger partial charge in [0.15, 0.2) is 5.78 Å². The number of aromatic nitrogens is 2. The van der Waals surface area contributed by atoms with Gasteiger partial charge < -0.3 is 4.57 Å². The van der Waals surface area contributed by atoms with Gasteiger partial charge in [-0.05, 0) is 12.1 Å². The smallest absolute Gasteiger partial charge is 0.251 e. The first-order valence-corrected chi connectivity index (χ1v) is 5.34. The third kappa shape index (κ3) is 1.27. The molecule has 0 aliphatic heterocycles. The Morgan fingerprint density at radius 3 is 2.61 bits per heavy atom. The second-order valence-corrected chi connectivity index (χ2v) is 4.11. The summed E-state index contributed by atoms with van der Waals surface area (Å²) in [6, 6.07) is 4.36. The first kappa shape index (κ1) is 10.6. The van der Waals surface area contributed by atoms with Crippen LogP contribution in [0, 0.1) is 0 Å². The minimum absolute atomic E-state index is 0.114. The third-order valence-corrected chi connectivity index (χ3v) is 2.99. The van der Waals surface area contributed by atoms with Crippen molar-refractivity contribution in [2.24, 2.45) is 7.05 Å². The molecule has 1 aliphatic rings. The van der Waals surface area contributed by atoms with E-state index in [4.69, 9.17) is 0 Å². The topological polar surface area (TPSA) is 69.0 Å². The van der Waals surface area contributed by atoms with Gasteiger partial charge in [-0.2, -0.15) is 0 Å². The molecule has 0 atom stereocenters. The standard InChI is InChI=1S/C13H8N2O3/c1-15-6-9-8(5-10(15)16)13(18)11-7(12(9)17)3-2-4-14-11/h2-6H,1H3. The minimum atomic E-state index is -0.377. The molecule has 0 amide bonds. The lowest BCUT2D eigenvalue weighted by Crippen LogP contribution is -2.27. The summed E-state index contributed by atoms with van der Waals surface area (Å²) >= 11 is 0. The summed E-state index contributed by atoms with van der Waals surface area (Å²) in [5.74, 6) is -0.652. The third-order valence-electron chi connectivity index (χ3n) is 2.99. The molecule has 0 spiro atoms. The van der Waals surface area contributed by atoms with Crippen molar-refractivity contribution in [1.29, 1.82) is 0 Å². The van der Waals surface area contributed by atoms with Gasteiger partial charge >= 0.3 is 0 Å². The molecule has 0 bridgehead atoms. The number of ketones is 2. The molecule has 0 radical (unpaired) electrons. The maximum atomic E-state index is 12.2. The molecule has 3 rings (SSSR count). The number of hydrogen-bond acceptors (Lipinski definition) is 4. The predicted octanol–water partition coefficient (Wildman–Crippen LogP) is 0.556. The van der Waals surface area contributed by atoms with E-state index in [2.05, 4.69) is 4.98 Å². The Bertz CT molecular complexity index is 759. The Labute approximate surface area is 102 Å². The Balaban J connectivity index is 2.37. The fraction of sp³-hybridized carbons (Fsp3) is 0.0769. The molecule has 18 heavy (non-hydrogen) atoms. The number of hydrogen-bond donors (Lipinski definition) is 0. The molecular weight excluding hydrogens is 232 g/mol. The number of aryl methyl sites for hydroxylation is 1. The molecule has 5 heteroatoms. The predicted molar refractivity (Wildman–Crippen MR) is 62.8 cm³/mol. The second-order valence-electron chi connectivity index (χ2n) is 4.11. The average molecular weight is 240 g/mol. The van der Waals surface area contributed by atoms with E-state index in [0.29, 0.717) is 0 Å². The first-order valence-electron chi connectivity index (χ1n) is 5.34. The van der Waals surface area contributed by atoms with Crippen LogP contribution in [-0.4, -0.2) is 21.1 Å². The Morgan fingerprint density at radius 2 is 1.83 bits per heavy atom. The van der Waals surface area contributed by atoms with Gasteiger partial charge in [-0.15, -0.1) is 0 Å². The zero-order valence-corrected chi connectivity index (χ0v) is 9.51. The highest BCUT2D eigenvalue weighted by molar-refractivity contribution is 6.27. The second kappa shape index (κ2) is 3.46. The molecule has 0 aromatic carbocycles. The fourth-order valence-electron chi connectivity index (χ4n) is 2.04. The van der Waals surface area contributed by atoms with Crippen molar-refractivity contribution >= 4 is 11.6 Å². The summed E-state index contributed by atoms with van der Waals surface area (Å²) in [5.41, 5.74) is 0.461. The van der Waals surface area contributed by atoms with Gasteiger partial charge in [0.2, 0.25) is 5.78 Å². The number of rotatable bonds is 0. The molecule has 0 saturated heterocycles. The van der Waals surface area contributed by atoms with E-state index in [0.717, 1.165) is 0 Å². The van der Waals surface area contributed by atoms with Gasteiger partial charge in [-0.25, -0.2) is 0 Å². The van der Waals surface area contributed by atoms with E-state index in [1.165, 1.54) is 23.0 Å². The van der Waals surface area contributed by atoms with E-state index < -0.39 is 0 Å². The van der Waals surface area contributed by atoms with Gasteiger partial charge in [0.1, 0.15) is 5.69 Å². The molecule has 88 valence electrons. The van der Waals surface area contributed by atoms with Crippen LogP contribution in [0.3, 0.4) is 0 Å². The van der Waals surface area contributed by atoms with Crippen molar-refractivity contribution in [3.8, 4) is 0 Å². The number of fused-ring (bicyclic) bond motifs is 2. The van der Waals surface area contributed by atoms with Gasteiger partial charge in [-0.3, -0.25) is 19.4 Å². The lowest BCUT2D eigenvalue weighted by molar-refractivity contribution is 0.0974. The largest absolute Gasteiger partial charge is 0.318 e. The number of nitrogens with zero attached hydrogens (tertiary/aromatic N) is 2. The van der Waals surface area contributed by atoms with Crippen LogP contribution >= 0.6 is 0 Å². The molecule has 0 unspecified atom stereocenters. The van der Waals surface area contributed by atoms with Crippen molar-refractivity contribution in [2.45, 2.75) is 0 Å². The van der Waals surface area contributed by atoms with E-state index in [-0.39, 0.29) is 39.5 Å². The number of pyridine rings is 2. The quantitative estimate of drug-likeness (QED) is 0.575. The lowest BCUT2D eigenvalue weighted by atomic mass is 9.88. The van der Waals surface area contributed by atoms with Crippen molar-refractivity contribution in [3.63, 3.8) is 0 Å². The normalized spacial score (nSPS) is 13.2. The van der Waals surface area contributed by atoms with Gasteiger partial charge in [-0.1, -0.05) is 0 Å². The molecule has 5 nitrogen and oxygen atoms in total. The maximum absolute atomic E-state index is 12.2. The van der Waals surface area contributed by atoms with Crippen LogP contribution in [0.2, 0.25) is 0 Å². The Morgan fingerprint density at radius 1 is 1.06 bits per heavy atom. The van der Waals surface area contributed by atoms with Crippen LogP contribution in [-0.2, 0) is 7.05 Å². The average Bonchev–Trinajstić information content (AvgIpc) is 2.38. The Kier molecular flexibility index (Phi) is 2.04. The highest BCUT2D eigenvalue weighted by Gasteiger charge is 2.31. The van der Waals surface area contributed by atoms with E-state index >= 15 is 0 Å². The van der Waals surface area contributed by atoms with Crippen molar-refractivity contribution < 1.29 is 9.59 Å². The van der Waals surface area contributed by atoms with Crippen LogP contribution in [0.5, 0.6) is 0 Å². The van der Waals surface area contributed by atoms with Crippen molar-refractivity contribution in [3.05, 3.63) is 63.3 Å². The lowest BCUT2D eigenvalue weighted by Gasteiger charge is -2.16. The van der Waals surface area contributed by atoms with Crippen LogP contribution in [0.4, 0.5) is 0 Å². The van der Waals surface area contributed by atoms with Crippen molar-refractivity contribution in [2.75, 3.05) is 0 Å². The van der Waals surface area contributed by atoms with Crippen molar-refractivity contribution in [1.82, 2.24) is 9.55 Å². The molecule has 2 aromatic heterocycles. The number of carbonyl (C=O) groups is 2. The molecule has 0 N–H and O–H groups in total. The van der Waals surface area contributed by atoms with Gasteiger partial charge in [0, 0.05) is 31.1 Å². The summed E-state index contributed by atoms with van der Waals surface area (Å²) in [6.45, 7) is 0. The summed E-state index contributed by atoms with van der Waals surface area (Å²) in [6.07, 6.45) is 2.85.